The Morgan fingerprint density at radius 3 is 3.24 bits per heavy atom. The molecule has 0 aliphatic carbocycles. The SMILES string of the molecule is O=C(CCc1ccco1)NCC[C@@H]1CCCN1. The summed E-state index contributed by atoms with van der Waals surface area (Å²) in [7, 11) is 0. The molecule has 1 saturated heterocycles. The highest BCUT2D eigenvalue weighted by Crippen LogP contribution is 2.07. The number of aryl methyl sites for hydroxylation is 1. The number of carbonyl (C=O) groups excluding carboxylic acids is 1. The van der Waals surface area contributed by atoms with Gasteiger partial charge in [-0.3, -0.25) is 4.79 Å². The van der Waals surface area contributed by atoms with Gasteiger partial charge in [-0.15, -0.1) is 0 Å². The molecule has 1 fully saturated rings. The van der Waals surface area contributed by atoms with Crippen LogP contribution in [0, 0.1) is 0 Å². The van der Waals surface area contributed by atoms with Gasteiger partial charge >= 0.3 is 0 Å². The summed E-state index contributed by atoms with van der Waals surface area (Å²) >= 11 is 0. The van der Waals surface area contributed by atoms with E-state index in [1.54, 1.807) is 6.26 Å². The third kappa shape index (κ3) is 4.23. The highest BCUT2D eigenvalue weighted by Gasteiger charge is 2.13. The molecule has 2 N–H and O–H groups in total. The van der Waals surface area contributed by atoms with Crippen molar-refractivity contribution in [3.8, 4) is 0 Å². The summed E-state index contributed by atoms with van der Waals surface area (Å²) in [6.07, 6.45) is 6.36. The first-order valence-electron chi connectivity index (χ1n) is 6.37. The fourth-order valence-electron chi connectivity index (χ4n) is 2.17. The summed E-state index contributed by atoms with van der Waals surface area (Å²) in [5.41, 5.74) is 0. The smallest absolute Gasteiger partial charge is 0.220 e. The molecule has 2 heterocycles. The summed E-state index contributed by atoms with van der Waals surface area (Å²) in [6.45, 7) is 1.89. The number of nitrogens with one attached hydrogen (secondary N) is 2. The second-order valence-electron chi connectivity index (χ2n) is 4.51. The maximum absolute atomic E-state index is 11.5. The van der Waals surface area contributed by atoms with E-state index in [0.29, 0.717) is 18.9 Å². The third-order valence-corrected chi connectivity index (χ3v) is 3.16. The molecule has 0 radical (unpaired) electrons. The van der Waals surface area contributed by atoms with Gasteiger partial charge in [0, 0.05) is 25.4 Å². The van der Waals surface area contributed by atoms with Crippen LogP contribution < -0.4 is 10.6 Å². The molecule has 1 aliphatic heterocycles. The molecule has 1 aliphatic rings. The standard InChI is InChI=1S/C13H20N2O2/c16-13(6-5-12-4-2-10-17-12)15-9-7-11-3-1-8-14-11/h2,4,10-11,14H,1,3,5-9H2,(H,15,16)/t11-/m0/s1. The van der Waals surface area contributed by atoms with Gasteiger partial charge in [-0.1, -0.05) is 0 Å². The van der Waals surface area contributed by atoms with E-state index >= 15 is 0 Å². The quantitative estimate of drug-likeness (QED) is 0.786. The molecule has 0 bridgehead atoms. The van der Waals surface area contributed by atoms with Crippen LogP contribution in [0.2, 0.25) is 0 Å². The molecule has 1 aromatic rings. The number of amides is 1. The molecule has 0 saturated carbocycles. The second kappa shape index (κ2) is 6.45. The van der Waals surface area contributed by atoms with E-state index in [1.807, 2.05) is 12.1 Å². The molecule has 17 heavy (non-hydrogen) atoms. The van der Waals surface area contributed by atoms with Crippen molar-refractivity contribution < 1.29 is 9.21 Å². The van der Waals surface area contributed by atoms with Gasteiger partial charge in [0.25, 0.3) is 0 Å². The molecule has 94 valence electrons. The maximum atomic E-state index is 11.5. The van der Waals surface area contributed by atoms with Crippen LogP contribution in [-0.2, 0) is 11.2 Å². The Hall–Kier alpha value is -1.29. The minimum absolute atomic E-state index is 0.111. The Balaban J connectivity index is 1.54. The van der Waals surface area contributed by atoms with Crippen LogP contribution in [0.1, 0.15) is 31.4 Å². The third-order valence-electron chi connectivity index (χ3n) is 3.16. The van der Waals surface area contributed by atoms with Crippen LogP contribution in [0.4, 0.5) is 0 Å². The minimum Gasteiger partial charge on any atom is -0.469 e. The maximum Gasteiger partial charge on any atom is 0.220 e. The Morgan fingerprint density at radius 2 is 2.53 bits per heavy atom. The highest BCUT2D eigenvalue weighted by atomic mass is 16.3. The van der Waals surface area contributed by atoms with Gasteiger partial charge in [-0.2, -0.15) is 0 Å². The monoisotopic (exact) mass is 236 g/mol. The van der Waals surface area contributed by atoms with E-state index in [-0.39, 0.29) is 5.91 Å². The van der Waals surface area contributed by atoms with Gasteiger partial charge in [-0.05, 0) is 37.9 Å². The summed E-state index contributed by atoms with van der Waals surface area (Å²) in [6, 6.07) is 4.34. The number of hydrogen-bond donors (Lipinski definition) is 2. The van der Waals surface area contributed by atoms with Crippen LogP contribution in [0.5, 0.6) is 0 Å². The van der Waals surface area contributed by atoms with Gasteiger partial charge in [-0.25, -0.2) is 0 Å². The van der Waals surface area contributed by atoms with E-state index in [1.165, 1.54) is 12.8 Å². The first-order valence-corrected chi connectivity index (χ1v) is 6.37. The van der Waals surface area contributed by atoms with Crippen molar-refractivity contribution in [3.05, 3.63) is 24.2 Å². The predicted octanol–water partition coefficient (Wildman–Crippen LogP) is 1.47. The van der Waals surface area contributed by atoms with Crippen molar-refractivity contribution in [3.63, 3.8) is 0 Å². The lowest BCUT2D eigenvalue weighted by Gasteiger charge is -2.10. The first-order chi connectivity index (χ1) is 8.34. The highest BCUT2D eigenvalue weighted by molar-refractivity contribution is 5.76. The van der Waals surface area contributed by atoms with E-state index < -0.39 is 0 Å². The van der Waals surface area contributed by atoms with E-state index in [9.17, 15) is 4.79 Å². The zero-order valence-corrected chi connectivity index (χ0v) is 10.1. The number of rotatable bonds is 6. The summed E-state index contributed by atoms with van der Waals surface area (Å²) in [4.78, 5) is 11.5. The Bertz CT molecular complexity index is 329. The van der Waals surface area contributed by atoms with Crippen LogP contribution in [-0.4, -0.2) is 25.0 Å². The van der Waals surface area contributed by atoms with Crippen molar-refractivity contribution in [1.82, 2.24) is 10.6 Å². The molecule has 4 heteroatoms. The Labute approximate surface area is 102 Å². The van der Waals surface area contributed by atoms with Crippen molar-refractivity contribution in [2.75, 3.05) is 13.1 Å². The molecule has 0 unspecified atom stereocenters. The van der Waals surface area contributed by atoms with Gasteiger partial charge in [0.15, 0.2) is 0 Å². The molecule has 4 nitrogen and oxygen atoms in total. The molecular formula is C13H20N2O2. The number of hydrogen-bond acceptors (Lipinski definition) is 3. The van der Waals surface area contributed by atoms with Crippen LogP contribution in [0.3, 0.4) is 0 Å². The molecule has 0 spiro atoms. The average molecular weight is 236 g/mol. The Kier molecular flexibility index (Phi) is 4.62. The lowest BCUT2D eigenvalue weighted by Crippen LogP contribution is -2.30. The summed E-state index contributed by atoms with van der Waals surface area (Å²) < 4.78 is 5.18. The van der Waals surface area contributed by atoms with Gasteiger partial charge < -0.3 is 15.1 Å². The summed E-state index contributed by atoms with van der Waals surface area (Å²) in [5, 5.41) is 6.37. The van der Waals surface area contributed by atoms with Crippen molar-refractivity contribution >= 4 is 5.91 Å². The second-order valence-corrected chi connectivity index (χ2v) is 4.51. The lowest BCUT2D eigenvalue weighted by molar-refractivity contribution is -0.121. The van der Waals surface area contributed by atoms with Crippen LogP contribution >= 0.6 is 0 Å². The fraction of sp³-hybridized carbons (Fsp3) is 0.615. The fourth-order valence-corrected chi connectivity index (χ4v) is 2.17. The number of carbonyl (C=O) groups is 1. The topological polar surface area (TPSA) is 54.3 Å². The van der Waals surface area contributed by atoms with Gasteiger partial charge in [0.05, 0.1) is 6.26 Å². The van der Waals surface area contributed by atoms with Crippen molar-refractivity contribution in [1.29, 1.82) is 0 Å². The van der Waals surface area contributed by atoms with Crippen LogP contribution in [0.15, 0.2) is 22.8 Å². The Morgan fingerprint density at radius 1 is 1.59 bits per heavy atom. The normalized spacial score (nSPS) is 19.4. The molecular weight excluding hydrogens is 216 g/mol. The first kappa shape index (κ1) is 12.2. The molecule has 1 aromatic heterocycles. The summed E-state index contributed by atoms with van der Waals surface area (Å²) in [5.74, 6) is 0.983. The zero-order chi connectivity index (χ0) is 11.9. The van der Waals surface area contributed by atoms with Crippen molar-refractivity contribution in [2.24, 2.45) is 0 Å². The van der Waals surface area contributed by atoms with Gasteiger partial charge in [0.1, 0.15) is 5.76 Å². The molecule has 2 rings (SSSR count). The average Bonchev–Trinajstić information content (AvgIpc) is 2.99. The van der Waals surface area contributed by atoms with E-state index in [0.717, 1.165) is 25.3 Å². The van der Waals surface area contributed by atoms with E-state index in [4.69, 9.17) is 4.42 Å². The minimum atomic E-state index is 0.111. The predicted molar refractivity (Wildman–Crippen MR) is 65.7 cm³/mol. The lowest BCUT2D eigenvalue weighted by atomic mass is 10.1. The van der Waals surface area contributed by atoms with E-state index in [2.05, 4.69) is 10.6 Å². The number of furan rings is 1. The largest absolute Gasteiger partial charge is 0.469 e. The zero-order valence-electron chi connectivity index (χ0n) is 10.1. The van der Waals surface area contributed by atoms with Crippen molar-refractivity contribution in [2.45, 2.75) is 38.1 Å². The van der Waals surface area contributed by atoms with Crippen LogP contribution in [0.25, 0.3) is 0 Å². The van der Waals surface area contributed by atoms with Gasteiger partial charge in [0.2, 0.25) is 5.91 Å². The molecule has 0 aromatic carbocycles. The molecule has 1 amide bonds. The molecule has 1 atom stereocenters.